The van der Waals surface area contributed by atoms with Crippen LogP contribution in [-0.4, -0.2) is 21.8 Å². The van der Waals surface area contributed by atoms with Crippen molar-refractivity contribution in [2.75, 3.05) is 0 Å². The minimum atomic E-state index is -0.791. The van der Waals surface area contributed by atoms with Crippen molar-refractivity contribution in [2.24, 2.45) is 11.8 Å². The first-order valence-corrected chi connectivity index (χ1v) is 9.25. The van der Waals surface area contributed by atoms with Gasteiger partial charge in [-0.2, -0.15) is 0 Å². The minimum absolute atomic E-state index is 0.0289. The van der Waals surface area contributed by atoms with Crippen molar-refractivity contribution < 1.29 is 24.0 Å². The molecule has 1 aliphatic carbocycles. The molecule has 146 valence electrons. The maximum absolute atomic E-state index is 13.2. The molecule has 0 aliphatic heterocycles. The third-order valence-electron chi connectivity index (χ3n) is 5.02. The summed E-state index contributed by atoms with van der Waals surface area (Å²) in [6.07, 6.45) is 8.80. The predicted molar refractivity (Wildman–Crippen MR) is 98.6 cm³/mol. The molecule has 27 heavy (non-hydrogen) atoms. The topological polar surface area (TPSA) is 97.5 Å². The van der Waals surface area contributed by atoms with Crippen molar-refractivity contribution >= 4 is 23.5 Å². The molecule has 0 heterocycles. The van der Waals surface area contributed by atoms with Gasteiger partial charge in [-0.1, -0.05) is 31.4 Å². The average Bonchev–Trinajstić information content (AvgIpc) is 2.96. The standard InChI is InChI=1S/C20H24FNO5/c21-16-11-9-15(18(13-16)22(26)27)8-7-14-10-12-19(23)17(14)5-3-1-2-4-6-20(24)25/h7-9,11,13-14,17H,1-6,10,12H2,(H,24,25)/b8-7+. The number of carbonyl (C=O) groups is 2. The number of nitro benzene ring substituents is 1. The van der Waals surface area contributed by atoms with E-state index in [2.05, 4.69) is 0 Å². The highest BCUT2D eigenvalue weighted by Gasteiger charge is 2.32. The molecule has 0 amide bonds. The van der Waals surface area contributed by atoms with Crippen molar-refractivity contribution in [3.8, 4) is 0 Å². The number of carboxylic acids is 1. The van der Waals surface area contributed by atoms with Crippen LogP contribution in [-0.2, 0) is 9.59 Å². The van der Waals surface area contributed by atoms with Gasteiger partial charge in [0.25, 0.3) is 5.69 Å². The molecule has 0 bridgehead atoms. The van der Waals surface area contributed by atoms with Crippen molar-refractivity contribution in [3.63, 3.8) is 0 Å². The van der Waals surface area contributed by atoms with E-state index in [1.54, 1.807) is 6.08 Å². The Balaban J connectivity index is 1.93. The fourth-order valence-corrected chi connectivity index (χ4v) is 3.58. The van der Waals surface area contributed by atoms with Gasteiger partial charge in [-0.25, -0.2) is 4.39 Å². The highest BCUT2D eigenvalue weighted by atomic mass is 19.1. The number of carboxylic acid groups (broad SMARTS) is 1. The van der Waals surface area contributed by atoms with Crippen molar-refractivity contribution in [2.45, 2.75) is 51.4 Å². The second-order valence-corrected chi connectivity index (χ2v) is 6.94. The number of carbonyl (C=O) groups excluding carboxylic acids is 1. The largest absolute Gasteiger partial charge is 0.481 e. The number of Topliss-reactive ketones (excluding diaryl/α,β-unsaturated/α-hetero) is 1. The number of aliphatic carboxylic acids is 1. The summed E-state index contributed by atoms with van der Waals surface area (Å²) in [5.74, 6) is -1.30. The summed E-state index contributed by atoms with van der Waals surface area (Å²) in [6.45, 7) is 0. The molecule has 1 aromatic rings. The highest BCUT2D eigenvalue weighted by molar-refractivity contribution is 5.84. The van der Waals surface area contributed by atoms with Gasteiger partial charge in [0, 0.05) is 18.8 Å². The summed E-state index contributed by atoms with van der Waals surface area (Å²) in [5.41, 5.74) is 0.0405. The monoisotopic (exact) mass is 377 g/mol. The number of allylic oxidation sites excluding steroid dienone is 1. The summed E-state index contributed by atoms with van der Waals surface area (Å²) >= 11 is 0. The van der Waals surface area contributed by atoms with Crippen LogP contribution >= 0.6 is 0 Å². The van der Waals surface area contributed by atoms with E-state index in [9.17, 15) is 24.1 Å². The molecule has 7 heteroatoms. The van der Waals surface area contributed by atoms with Crippen LogP contribution in [0.4, 0.5) is 10.1 Å². The van der Waals surface area contributed by atoms with Gasteiger partial charge in [0.05, 0.1) is 16.6 Å². The highest BCUT2D eigenvalue weighted by Crippen LogP contribution is 2.35. The number of hydrogen-bond donors (Lipinski definition) is 1. The van der Waals surface area contributed by atoms with Gasteiger partial charge in [-0.05, 0) is 37.3 Å². The number of nitrogens with zero attached hydrogens (tertiary/aromatic N) is 1. The Kier molecular flexibility index (Phi) is 7.64. The Hall–Kier alpha value is -2.57. The lowest BCUT2D eigenvalue weighted by Crippen LogP contribution is -2.13. The molecule has 0 spiro atoms. The second-order valence-electron chi connectivity index (χ2n) is 6.94. The Morgan fingerprint density at radius 1 is 1.30 bits per heavy atom. The smallest absolute Gasteiger partial charge is 0.303 e. The second kappa shape index (κ2) is 9.94. The zero-order valence-corrected chi connectivity index (χ0v) is 15.1. The molecule has 1 aliphatic rings. The van der Waals surface area contributed by atoms with Crippen LogP contribution < -0.4 is 0 Å². The van der Waals surface area contributed by atoms with Gasteiger partial charge in [-0.3, -0.25) is 19.7 Å². The summed E-state index contributed by atoms with van der Waals surface area (Å²) in [4.78, 5) is 33.1. The van der Waals surface area contributed by atoms with Crippen LogP contribution in [0.25, 0.3) is 6.08 Å². The summed E-state index contributed by atoms with van der Waals surface area (Å²) in [7, 11) is 0. The Labute approximate surface area is 157 Å². The number of ketones is 1. The number of hydrogen-bond acceptors (Lipinski definition) is 4. The van der Waals surface area contributed by atoms with E-state index in [4.69, 9.17) is 5.11 Å². The number of unbranched alkanes of at least 4 members (excludes halogenated alkanes) is 3. The zero-order chi connectivity index (χ0) is 19.8. The molecule has 1 N–H and O–H groups in total. The van der Waals surface area contributed by atoms with Crippen molar-refractivity contribution in [3.05, 3.63) is 45.8 Å². The fraction of sp³-hybridized carbons (Fsp3) is 0.500. The van der Waals surface area contributed by atoms with Crippen LogP contribution in [0, 0.1) is 27.8 Å². The molecule has 2 unspecified atom stereocenters. The van der Waals surface area contributed by atoms with E-state index in [1.807, 2.05) is 6.08 Å². The molecule has 0 saturated heterocycles. The maximum Gasteiger partial charge on any atom is 0.303 e. The van der Waals surface area contributed by atoms with Crippen LogP contribution in [0.3, 0.4) is 0 Å². The van der Waals surface area contributed by atoms with E-state index in [-0.39, 0.29) is 29.7 Å². The minimum Gasteiger partial charge on any atom is -0.481 e. The molecule has 0 aromatic heterocycles. The van der Waals surface area contributed by atoms with Gasteiger partial charge < -0.3 is 5.11 Å². The quantitative estimate of drug-likeness (QED) is 0.360. The number of nitro groups is 1. The average molecular weight is 377 g/mol. The maximum atomic E-state index is 13.2. The van der Waals surface area contributed by atoms with Crippen LogP contribution in [0.15, 0.2) is 24.3 Å². The Morgan fingerprint density at radius 3 is 2.74 bits per heavy atom. The predicted octanol–water partition coefficient (Wildman–Crippen LogP) is 4.77. The summed E-state index contributed by atoms with van der Waals surface area (Å²) in [5, 5.41) is 19.7. The first-order valence-electron chi connectivity index (χ1n) is 9.25. The SMILES string of the molecule is O=C(O)CCCCCCC1C(=O)CCC1/C=C/c1ccc(F)cc1[N+](=O)[O-]. The van der Waals surface area contributed by atoms with E-state index in [0.717, 1.165) is 31.7 Å². The van der Waals surface area contributed by atoms with Crippen LogP contribution in [0.2, 0.25) is 0 Å². The molecule has 2 rings (SSSR count). The molecular weight excluding hydrogens is 353 g/mol. The molecular formula is C20H24FNO5. The van der Waals surface area contributed by atoms with E-state index < -0.39 is 16.7 Å². The molecule has 0 radical (unpaired) electrons. The fourth-order valence-electron chi connectivity index (χ4n) is 3.58. The number of halogens is 1. The lowest BCUT2D eigenvalue weighted by Gasteiger charge is -2.14. The van der Waals surface area contributed by atoms with Crippen molar-refractivity contribution in [1.82, 2.24) is 0 Å². The third-order valence-corrected chi connectivity index (χ3v) is 5.02. The summed E-state index contributed by atoms with van der Waals surface area (Å²) in [6, 6.07) is 3.45. The van der Waals surface area contributed by atoms with Gasteiger partial charge >= 0.3 is 5.97 Å². The van der Waals surface area contributed by atoms with E-state index in [0.29, 0.717) is 24.8 Å². The van der Waals surface area contributed by atoms with Gasteiger partial charge in [0.2, 0.25) is 0 Å². The molecule has 1 fully saturated rings. The molecule has 6 nitrogen and oxygen atoms in total. The van der Waals surface area contributed by atoms with E-state index >= 15 is 0 Å². The van der Waals surface area contributed by atoms with Gasteiger partial charge in [-0.15, -0.1) is 0 Å². The first-order chi connectivity index (χ1) is 12.9. The Bertz CT molecular complexity index is 731. The van der Waals surface area contributed by atoms with E-state index in [1.165, 1.54) is 12.1 Å². The zero-order valence-electron chi connectivity index (χ0n) is 15.1. The normalized spacial score (nSPS) is 19.7. The molecule has 1 aromatic carbocycles. The van der Waals surface area contributed by atoms with Crippen LogP contribution in [0.5, 0.6) is 0 Å². The van der Waals surface area contributed by atoms with Gasteiger partial charge in [0.15, 0.2) is 0 Å². The number of benzene rings is 1. The van der Waals surface area contributed by atoms with Gasteiger partial charge in [0.1, 0.15) is 11.6 Å². The lowest BCUT2D eigenvalue weighted by molar-refractivity contribution is -0.385. The third kappa shape index (κ3) is 6.27. The molecule has 1 saturated carbocycles. The van der Waals surface area contributed by atoms with Crippen LogP contribution in [0.1, 0.15) is 56.9 Å². The summed E-state index contributed by atoms with van der Waals surface area (Å²) < 4.78 is 13.2. The lowest BCUT2D eigenvalue weighted by atomic mass is 9.89. The molecule has 2 atom stereocenters. The number of rotatable bonds is 10. The first kappa shape index (κ1) is 20.7. The van der Waals surface area contributed by atoms with Crippen molar-refractivity contribution in [1.29, 1.82) is 0 Å². The Morgan fingerprint density at radius 2 is 2.04 bits per heavy atom.